The summed E-state index contributed by atoms with van der Waals surface area (Å²) in [5.41, 5.74) is 0.847. The lowest BCUT2D eigenvalue weighted by atomic mass is 10.2. The molecule has 12 heteroatoms. The average molecular weight is 430 g/mol. The summed E-state index contributed by atoms with van der Waals surface area (Å²) >= 11 is 1.05. The van der Waals surface area contributed by atoms with Gasteiger partial charge in [0.25, 0.3) is 10.9 Å². The molecule has 0 fully saturated rings. The van der Waals surface area contributed by atoms with E-state index in [9.17, 15) is 14.9 Å². The third-order valence-corrected chi connectivity index (χ3v) is 4.84. The molecule has 4 rings (SSSR count). The van der Waals surface area contributed by atoms with Gasteiger partial charge in [0.15, 0.2) is 11.5 Å². The lowest BCUT2D eigenvalue weighted by molar-refractivity contribution is -0.384. The molecule has 11 nitrogen and oxygen atoms in total. The SMILES string of the molecule is COc1cc([N+](=O)[O-])ccc1NC(=O)CSc1nnc(-c2ccc3c(c2)OCO3)o1. The number of fused-ring (bicyclic) bond motifs is 1. The van der Waals surface area contributed by atoms with Crippen molar-refractivity contribution in [3.8, 4) is 28.7 Å². The van der Waals surface area contributed by atoms with Crippen LogP contribution in [-0.2, 0) is 4.79 Å². The van der Waals surface area contributed by atoms with E-state index in [1.165, 1.54) is 25.3 Å². The number of anilines is 1. The van der Waals surface area contributed by atoms with Gasteiger partial charge in [0.1, 0.15) is 5.75 Å². The molecule has 1 aliphatic heterocycles. The van der Waals surface area contributed by atoms with Gasteiger partial charge < -0.3 is 23.9 Å². The number of hydrogen-bond acceptors (Lipinski definition) is 10. The first-order chi connectivity index (χ1) is 14.5. The topological polar surface area (TPSA) is 139 Å². The van der Waals surface area contributed by atoms with Crippen LogP contribution < -0.4 is 19.5 Å². The van der Waals surface area contributed by atoms with Gasteiger partial charge in [-0.25, -0.2) is 0 Å². The van der Waals surface area contributed by atoms with Gasteiger partial charge in [-0.3, -0.25) is 14.9 Å². The van der Waals surface area contributed by atoms with Gasteiger partial charge in [-0.2, -0.15) is 0 Å². The Bertz CT molecular complexity index is 1120. The van der Waals surface area contributed by atoms with Crippen LogP contribution >= 0.6 is 11.8 Å². The summed E-state index contributed by atoms with van der Waals surface area (Å²) in [6.07, 6.45) is 0. The van der Waals surface area contributed by atoms with E-state index in [-0.39, 0.29) is 41.0 Å². The zero-order chi connectivity index (χ0) is 21.1. The number of carbonyl (C=O) groups excluding carboxylic acids is 1. The first-order valence-corrected chi connectivity index (χ1v) is 9.50. The van der Waals surface area contributed by atoms with Crippen LogP contribution in [-0.4, -0.2) is 40.7 Å². The van der Waals surface area contributed by atoms with Gasteiger partial charge in [-0.05, 0) is 24.3 Å². The number of rotatable bonds is 7. The Balaban J connectivity index is 1.37. The number of benzene rings is 2. The van der Waals surface area contributed by atoms with E-state index in [1.54, 1.807) is 18.2 Å². The number of non-ortho nitro benzene ring substituents is 1. The van der Waals surface area contributed by atoms with Crippen LogP contribution in [0.3, 0.4) is 0 Å². The minimum atomic E-state index is -0.544. The lowest BCUT2D eigenvalue weighted by Crippen LogP contribution is -2.14. The summed E-state index contributed by atoms with van der Waals surface area (Å²) in [5, 5.41) is 21.6. The van der Waals surface area contributed by atoms with Crippen molar-refractivity contribution in [2.45, 2.75) is 5.22 Å². The Labute approximate surface area is 173 Å². The van der Waals surface area contributed by atoms with Gasteiger partial charge in [0, 0.05) is 11.6 Å². The van der Waals surface area contributed by atoms with Crippen LogP contribution in [0.4, 0.5) is 11.4 Å². The fourth-order valence-electron chi connectivity index (χ4n) is 2.62. The maximum atomic E-state index is 12.2. The number of carbonyl (C=O) groups is 1. The van der Waals surface area contributed by atoms with Crippen molar-refractivity contribution in [3.63, 3.8) is 0 Å². The maximum absolute atomic E-state index is 12.2. The molecule has 0 saturated carbocycles. The standard InChI is InChI=1S/C18H14N4O7S/c1-26-14-7-11(22(24)25)3-4-12(14)19-16(23)8-30-18-21-20-17(29-18)10-2-5-13-15(6-10)28-9-27-13/h2-7H,8-9H2,1H3,(H,19,23). The highest BCUT2D eigenvalue weighted by atomic mass is 32.2. The molecule has 154 valence electrons. The number of nitro benzene ring substituents is 1. The second-order valence-corrected chi connectivity index (χ2v) is 6.85. The number of nitrogens with one attached hydrogen (secondary N) is 1. The highest BCUT2D eigenvalue weighted by molar-refractivity contribution is 7.99. The molecule has 1 aromatic heterocycles. The monoisotopic (exact) mass is 430 g/mol. The Morgan fingerprint density at radius 1 is 1.23 bits per heavy atom. The molecular weight excluding hydrogens is 416 g/mol. The predicted molar refractivity (Wildman–Crippen MR) is 105 cm³/mol. The summed E-state index contributed by atoms with van der Waals surface area (Å²) in [4.78, 5) is 22.5. The fraction of sp³-hybridized carbons (Fsp3) is 0.167. The van der Waals surface area contributed by atoms with E-state index in [1.807, 2.05) is 0 Å². The molecule has 0 bridgehead atoms. The Morgan fingerprint density at radius 2 is 2.07 bits per heavy atom. The van der Waals surface area contributed by atoms with Gasteiger partial charge in [-0.15, -0.1) is 10.2 Å². The molecule has 30 heavy (non-hydrogen) atoms. The van der Waals surface area contributed by atoms with Crippen molar-refractivity contribution in [1.82, 2.24) is 10.2 Å². The molecule has 1 N–H and O–H groups in total. The normalized spacial score (nSPS) is 11.9. The molecule has 0 spiro atoms. The molecule has 1 amide bonds. The van der Waals surface area contributed by atoms with Crippen LogP contribution in [0.25, 0.3) is 11.5 Å². The van der Waals surface area contributed by atoms with Crippen molar-refractivity contribution >= 4 is 29.0 Å². The van der Waals surface area contributed by atoms with Crippen molar-refractivity contribution in [3.05, 3.63) is 46.5 Å². The smallest absolute Gasteiger partial charge is 0.277 e. The minimum Gasteiger partial charge on any atom is -0.494 e. The number of methoxy groups -OCH3 is 1. The number of ether oxygens (including phenoxy) is 3. The molecule has 0 radical (unpaired) electrons. The summed E-state index contributed by atoms with van der Waals surface area (Å²) in [7, 11) is 1.36. The van der Waals surface area contributed by atoms with Gasteiger partial charge in [0.05, 0.1) is 29.5 Å². The van der Waals surface area contributed by atoms with Crippen LogP contribution in [0.5, 0.6) is 17.2 Å². The molecule has 2 aromatic carbocycles. The number of nitro groups is 1. The van der Waals surface area contributed by atoms with Crippen LogP contribution in [0.2, 0.25) is 0 Å². The number of thioether (sulfide) groups is 1. The fourth-order valence-corrected chi connectivity index (χ4v) is 3.19. The molecule has 3 aromatic rings. The van der Waals surface area contributed by atoms with E-state index < -0.39 is 4.92 Å². The van der Waals surface area contributed by atoms with Gasteiger partial charge in [-0.1, -0.05) is 11.8 Å². The lowest BCUT2D eigenvalue weighted by Gasteiger charge is -2.09. The average Bonchev–Trinajstić information content (AvgIpc) is 3.41. The zero-order valence-electron chi connectivity index (χ0n) is 15.5. The van der Waals surface area contributed by atoms with Gasteiger partial charge in [0.2, 0.25) is 18.6 Å². The summed E-state index contributed by atoms with van der Waals surface area (Å²) in [6, 6.07) is 9.17. The van der Waals surface area contributed by atoms with Crippen LogP contribution in [0.1, 0.15) is 0 Å². The third kappa shape index (κ3) is 4.12. The zero-order valence-corrected chi connectivity index (χ0v) is 16.3. The molecule has 0 aliphatic carbocycles. The van der Waals surface area contributed by atoms with E-state index >= 15 is 0 Å². The van der Waals surface area contributed by atoms with Crippen LogP contribution in [0, 0.1) is 10.1 Å². The van der Waals surface area contributed by atoms with Crippen molar-refractivity contribution in [2.75, 3.05) is 25.0 Å². The largest absolute Gasteiger partial charge is 0.494 e. The maximum Gasteiger partial charge on any atom is 0.277 e. The van der Waals surface area contributed by atoms with Crippen LogP contribution in [0.15, 0.2) is 46.0 Å². The third-order valence-electron chi connectivity index (χ3n) is 4.02. The van der Waals surface area contributed by atoms with Crippen molar-refractivity contribution in [2.24, 2.45) is 0 Å². The van der Waals surface area contributed by atoms with Crippen molar-refractivity contribution < 1.29 is 28.3 Å². The Morgan fingerprint density at radius 3 is 2.87 bits per heavy atom. The molecular formula is C18H14N4O7S. The summed E-state index contributed by atoms with van der Waals surface area (Å²) in [5.74, 6) is 1.33. The first-order valence-electron chi connectivity index (χ1n) is 8.52. The van der Waals surface area contributed by atoms with Crippen molar-refractivity contribution in [1.29, 1.82) is 0 Å². The predicted octanol–water partition coefficient (Wildman–Crippen LogP) is 3.11. The number of nitrogens with zero attached hydrogens (tertiary/aromatic N) is 3. The van der Waals surface area contributed by atoms with E-state index in [0.717, 1.165) is 11.8 Å². The number of hydrogen-bond donors (Lipinski definition) is 1. The molecule has 0 saturated heterocycles. The Hall–Kier alpha value is -3.80. The second-order valence-electron chi connectivity index (χ2n) is 5.92. The Kier molecular flexibility index (Phi) is 5.39. The first kappa shape index (κ1) is 19.5. The van der Waals surface area contributed by atoms with E-state index in [4.69, 9.17) is 18.6 Å². The molecule has 1 aliphatic rings. The molecule has 2 heterocycles. The second kappa shape index (κ2) is 8.29. The van der Waals surface area contributed by atoms with E-state index in [0.29, 0.717) is 22.7 Å². The molecule has 0 unspecified atom stereocenters. The number of aromatic nitrogens is 2. The van der Waals surface area contributed by atoms with E-state index in [2.05, 4.69) is 15.5 Å². The number of amides is 1. The highest BCUT2D eigenvalue weighted by Gasteiger charge is 2.18. The summed E-state index contributed by atoms with van der Waals surface area (Å²) < 4.78 is 21.3. The highest BCUT2D eigenvalue weighted by Crippen LogP contribution is 2.36. The molecule has 0 atom stereocenters. The summed E-state index contributed by atoms with van der Waals surface area (Å²) in [6.45, 7) is 0.165. The quantitative estimate of drug-likeness (QED) is 0.338. The minimum absolute atomic E-state index is 0.0110. The van der Waals surface area contributed by atoms with Gasteiger partial charge >= 0.3 is 0 Å².